The first-order chi connectivity index (χ1) is 9.65. The largest absolute Gasteiger partial charge is 0.478 e. The fourth-order valence-corrected chi connectivity index (χ4v) is 4.31. The van der Waals surface area contributed by atoms with Crippen LogP contribution < -0.4 is 5.32 Å². The zero-order chi connectivity index (χ0) is 14.1. The van der Waals surface area contributed by atoms with Crippen molar-refractivity contribution >= 4 is 28.2 Å². The summed E-state index contributed by atoms with van der Waals surface area (Å²) in [5.41, 5.74) is 1.29. The number of rotatable bonds is 4. The van der Waals surface area contributed by atoms with Gasteiger partial charge in [0.05, 0.1) is 5.56 Å². The van der Waals surface area contributed by atoms with Crippen molar-refractivity contribution in [2.45, 2.75) is 51.4 Å². The van der Waals surface area contributed by atoms with Crippen LogP contribution >= 0.6 is 11.3 Å². The van der Waals surface area contributed by atoms with Crippen molar-refractivity contribution in [2.24, 2.45) is 5.92 Å². The van der Waals surface area contributed by atoms with Crippen LogP contribution in [-0.4, -0.2) is 17.0 Å². The number of hydrogen-bond donors (Lipinski definition) is 2. The molecule has 108 valence electrons. The van der Waals surface area contributed by atoms with E-state index in [-0.39, 0.29) is 5.91 Å². The molecule has 0 atom stereocenters. The third-order valence-corrected chi connectivity index (χ3v) is 5.54. The van der Waals surface area contributed by atoms with Crippen LogP contribution in [0.5, 0.6) is 0 Å². The van der Waals surface area contributed by atoms with Crippen LogP contribution in [0.1, 0.15) is 59.3 Å². The van der Waals surface area contributed by atoms with Gasteiger partial charge in [0, 0.05) is 11.3 Å². The Morgan fingerprint density at radius 3 is 2.60 bits per heavy atom. The Labute approximate surface area is 122 Å². The third kappa shape index (κ3) is 2.59. The van der Waals surface area contributed by atoms with E-state index in [0.717, 1.165) is 49.0 Å². The van der Waals surface area contributed by atoms with Gasteiger partial charge in [0.2, 0.25) is 5.91 Å². The van der Waals surface area contributed by atoms with Gasteiger partial charge in [-0.05, 0) is 50.0 Å². The second kappa shape index (κ2) is 5.56. The van der Waals surface area contributed by atoms with E-state index in [1.54, 1.807) is 0 Å². The predicted octanol–water partition coefficient (Wildman–Crippen LogP) is 3.45. The van der Waals surface area contributed by atoms with Crippen LogP contribution in [0.2, 0.25) is 0 Å². The maximum Gasteiger partial charge on any atom is 0.339 e. The predicted molar refractivity (Wildman–Crippen MR) is 78.5 cm³/mol. The van der Waals surface area contributed by atoms with Crippen molar-refractivity contribution in [3.63, 3.8) is 0 Å². The number of fused-ring (bicyclic) bond motifs is 1. The quantitative estimate of drug-likeness (QED) is 0.893. The van der Waals surface area contributed by atoms with Crippen molar-refractivity contribution in [3.8, 4) is 0 Å². The molecule has 0 spiro atoms. The number of carbonyl (C=O) groups excluding carboxylic acids is 1. The molecule has 3 rings (SSSR count). The van der Waals surface area contributed by atoms with E-state index < -0.39 is 5.97 Å². The zero-order valence-electron chi connectivity index (χ0n) is 11.4. The van der Waals surface area contributed by atoms with Gasteiger partial charge in [-0.3, -0.25) is 4.79 Å². The number of carbonyl (C=O) groups is 2. The summed E-state index contributed by atoms with van der Waals surface area (Å²) in [5, 5.41) is 12.8. The van der Waals surface area contributed by atoms with E-state index in [2.05, 4.69) is 5.32 Å². The molecule has 0 radical (unpaired) electrons. The summed E-state index contributed by atoms with van der Waals surface area (Å²) in [7, 11) is 0. The average Bonchev–Trinajstić information content (AvgIpc) is 2.71. The molecule has 1 aromatic rings. The van der Waals surface area contributed by atoms with Crippen LogP contribution in [0, 0.1) is 5.92 Å². The SMILES string of the molecule is O=C(CC1CCC1)Nc1sc2c(c1C(=O)O)CCCC2. The van der Waals surface area contributed by atoms with Crippen LogP contribution in [0.15, 0.2) is 0 Å². The van der Waals surface area contributed by atoms with Gasteiger partial charge in [-0.2, -0.15) is 0 Å². The summed E-state index contributed by atoms with van der Waals surface area (Å²) in [4.78, 5) is 24.6. The molecule has 0 unspecified atom stereocenters. The lowest BCUT2D eigenvalue weighted by Gasteiger charge is -2.24. The average molecular weight is 293 g/mol. The lowest BCUT2D eigenvalue weighted by atomic mass is 9.83. The molecule has 4 nitrogen and oxygen atoms in total. The lowest BCUT2D eigenvalue weighted by Crippen LogP contribution is -2.21. The number of aryl methyl sites for hydroxylation is 1. The van der Waals surface area contributed by atoms with Crippen molar-refractivity contribution in [3.05, 3.63) is 16.0 Å². The van der Waals surface area contributed by atoms with E-state index in [9.17, 15) is 14.7 Å². The molecule has 0 aliphatic heterocycles. The third-order valence-electron chi connectivity index (χ3n) is 4.34. The highest BCUT2D eigenvalue weighted by Crippen LogP contribution is 2.38. The summed E-state index contributed by atoms with van der Waals surface area (Å²) in [6, 6.07) is 0. The molecule has 2 aliphatic rings. The minimum atomic E-state index is -0.914. The van der Waals surface area contributed by atoms with Crippen molar-refractivity contribution in [1.29, 1.82) is 0 Å². The Morgan fingerprint density at radius 1 is 1.20 bits per heavy atom. The Balaban J connectivity index is 1.79. The Kier molecular flexibility index (Phi) is 3.78. The molecule has 1 aromatic heterocycles. The molecule has 1 fully saturated rings. The van der Waals surface area contributed by atoms with E-state index in [1.165, 1.54) is 17.8 Å². The summed E-state index contributed by atoms with van der Waals surface area (Å²) in [5.74, 6) is -0.447. The lowest BCUT2D eigenvalue weighted by molar-refractivity contribution is -0.117. The minimum Gasteiger partial charge on any atom is -0.478 e. The molecule has 0 bridgehead atoms. The first kappa shape index (κ1) is 13.6. The monoisotopic (exact) mass is 293 g/mol. The number of hydrogen-bond acceptors (Lipinski definition) is 3. The highest BCUT2D eigenvalue weighted by Gasteiger charge is 2.27. The van der Waals surface area contributed by atoms with Crippen LogP contribution in [-0.2, 0) is 17.6 Å². The van der Waals surface area contributed by atoms with Gasteiger partial charge < -0.3 is 10.4 Å². The molecule has 1 heterocycles. The van der Waals surface area contributed by atoms with Gasteiger partial charge in [-0.25, -0.2) is 4.79 Å². The van der Waals surface area contributed by atoms with Crippen LogP contribution in [0.3, 0.4) is 0 Å². The summed E-state index contributed by atoms with van der Waals surface area (Å²) in [6.45, 7) is 0. The zero-order valence-corrected chi connectivity index (χ0v) is 12.2. The van der Waals surface area contributed by atoms with Gasteiger partial charge in [0.1, 0.15) is 5.00 Å². The number of nitrogens with one attached hydrogen (secondary N) is 1. The molecule has 0 aromatic carbocycles. The number of anilines is 1. The van der Waals surface area contributed by atoms with Crippen LogP contribution in [0.25, 0.3) is 0 Å². The fraction of sp³-hybridized carbons (Fsp3) is 0.600. The fourth-order valence-electron chi connectivity index (χ4n) is 3.02. The van der Waals surface area contributed by atoms with Crippen molar-refractivity contribution < 1.29 is 14.7 Å². The Morgan fingerprint density at radius 2 is 1.95 bits per heavy atom. The molecule has 20 heavy (non-hydrogen) atoms. The first-order valence-corrected chi connectivity index (χ1v) is 8.14. The second-order valence-electron chi connectivity index (χ2n) is 5.77. The van der Waals surface area contributed by atoms with Gasteiger partial charge in [0.25, 0.3) is 0 Å². The number of carboxylic acids is 1. The highest BCUT2D eigenvalue weighted by atomic mass is 32.1. The summed E-state index contributed by atoms with van der Waals surface area (Å²) < 4.78 is 0. The number of aromatic carboxylic acids is 1. The molecule has 5 heteroatoms. The highest BCUT2D eigenvalue weighted by molar-refractivity contribution is 7.17. The molecule has 0 saturated heterocycles. The molecular formula is C15H19NO3S. The van der Waals surface area contributed by atoms with Crippen molar-refractivity contribution in [2.75, 3.05) is 5.32 Å². The molecule has 1 amide bonds. The first-order valence-electron chi connectivity index (χ1n) is 7.33. The van der Waals surface area contributed by atoms with Gasteiger partial charge >= 0.3 is 5.97 Å². The van der Waals surface area contributed by atoms with Crippen molar-refractivity contribution in [1.82, 2.24) is 0 Å². The van der Waals surface area contributed by atoms with Gasteiger partial charge in [-0.1, -0.05) is 6.42 Å². The number of thiophene rings is 1. The van der Waals surface area contributed by atoms with Gasteiger partial charge in [-0.15, -0.1) is 11.3 Å². The maximum absolute atomic E-state index is 12.0. The van der Waals surface area contributed by atoms with E-state index in [4.69, 9.17) is 0 Å². The molecule has 2 N–H and O–H groups in total. The normalized spacial score (nSPS) is 18.2. The second-order valence-corrected chi connectivity index (χ2v) is 6.87. The topological polar surface area (TPSA) is 66.4 Å². The molecule has 2 aliphatic carbocycles. The summed E-state index contributed by atoms with van der Waals surface area (Å²) in [6.07, 6.45) is 7.92. The number of amides is 1. The van der Waals surface area contributed by atoms with Gasteiger partial charge in [0.15, 0.2) is 0 Å². The Hall–Kier alpha value is -1.36. The maximum atomic E-state index is 12.0. The molecular weight excluding hydrogens is 274 g/mol. The van der Waals surface area contributed by atoms with E-state index >= 15 is 0 Å². The smallest absolute Gasteiger partial charge is 0.339 e. The van der Waals surface area contributed by atoms with Crippen LogP contribution in [0.4, 0.5) is 5.00 Å². The Bertz CT molecular complexity index is 546. The standard InChI is InChI=1S/C15H19NO3S/c17-12(8-9-4-3-5-9)16-14-13(15(18)19)10-6-1-2-7-11(10)20-14/h9H,1-8H2,(H,16,17)(H,18,19). The summed E-state index contributed by atoms with van der Waals surface area (Å²) >= 11 is 1.46. The minimum absolute atomic E-state index is 0.0317. The molecule has 1 saturated carbocycles. The van der Waals surface area contributed by atoms with E-state index in [1.807, 2.05) is 0 Å². The van der Waals surface area contributed by atoms with E-state index in [0.29, 0.717) is 22.9 Å². The number of carboxylic acid groups (broad SMARTS) is 1.